The van der Waals surface area contributed by atoms with Gasteiger partial charge in [0.05, 0.1) is 13.2 Å². The molecule has 1 atom stereocenters. The zero-order valence-corrected chi connectivity index (χ0v) is 10.3. The number of aryl methyl sites for hydroxylation is 1. The highest BCUT2D eigenvalue weighted by molar-refractivity contribution is 7.10. The molecule has 1 unspecified atom stereocenters. The first-order valence-corrected chi connectivity index (χ1v) is 6.04. The number of ether oxygens (including phenoxy) is 1. The second-order valence-corrected chi connectivity index (χ2v) is 4.69. The summed E-state index contributed by atoms with van der Waals surface area (Å²) in [5.41, 5.74) is 8.55. The van der Waals surface area contributed by atoms with Crippen LogP contribution in [0.1, 0.15) is 22.0 Å². The van der Waals surface area contributed by atoms with Crippen LogP contribution in [0.15, 0.2) is 35.7 Å². The van der Waals surface area contributed by atoms with Crippen molar-refractivity contribution in [1.82, 2.24) is 0 Å². The van der Waals surface area contributed by atoms with Crippen LogP contribution in [0.3, 0.4) is 0 Å². The summed E-state index contributed by atoms with van der Waals surface area (Å²) in [6, 6.07) is 10.1. The van der Waals surface area contributed by atoms with Crippen LogP contribution in [0.5, 0.6) is 5.75 Å². The zero-order chi connectivity index (χ0) is 11.5. The van der Waals surface area contributed by atoms with Crippen molar-refractivity contribution < 1.29 is 4.74 Å². The molecule has 2 aromatic rings. The van der Waals surface area contributed by atoms with Gasteiger partial charge in [0.1, 0.15) is 5.75 Å². The lowest BCUT2D eigenvalue weighted by atomic mass is 10.0. The van der Waals surface area contributed by atoms with E-state index in [0.717, 1.165) is 11.3 Å². The summed E-state index contributed by atoms with van der Waals surface area (Å²) >= 11 is 1.69. The third-order valence-electron chi connectivity index (χ3n) is 2.66. The number of rotatable bonds is 3. The van der Waals surface area contributed by atoms with Gasteiger partial charge in [-0.05, 0) is 41.6 Å². The van der Waals surface area contributed by atoms with Crippen LogP contribution >= 0.6 is 11.3 Å². The van der Waals surface area contributed by atoms with E-state index in [1.807, 2.05) is 29.6 Å². The van der Waals surface area contributed by atoms with Gasteiger partial charge in [0.2, 0.25) is 0 Å². The van der Waals surface area contributed by atoms with Crippen molar-refractivity contribution in [3.63, 3.8) is 0 Å². The Hall–Kier alpha value is -1.32. The molecule has 0 radical (unpaired) electrons. The van der Waals surface area contributed by atoms with E-state index in [1.54, 1.807) is 18.4 Å². The maximum absolute atomic E-state index is 6.22. The summed E-state index contributed by atoms with van der Waals surface area (Å²) < 4.78 is 5.18. The molecular weight excluding hydrogens is 218 g/mol. The van der Waals surface area contributed by atoms with Crippen molar-refractivity contribution in [3.05, 3.63) is 51.7 Å². The Kier molecular flexibility index (Phi) is 3.27. The molecule has 0 amide bonds. The van der Waals surface area contributed by atoms with Crippen LogP contribution < -0.4 is 10.5 Å². The third kappa shape index (κ3) is 2.10. The summed E-state index contributed by atoms with van der Waals surface area (Å²) in [6.07, 6.45) is 0. The van der Waals surface area contributed by atoms with E-state index in [9.17, 15) is 0 Å². The van der Waals surface area contributed by atoms with E-state index in [-0.39, 0.29) is 6.04 Å². The fraction of sp³-hybridized carbons (Fsp3) is 0.231. The van der Waals surface area contributed by atoms with Crippen molar-refractivity contribution in [1.29, 1.82) is 0 Å². The second kappa shape index (κ2) is 4.68. The van der Waals surface area contributed by atoms with Gasteiger partial charge in [-0.2, -0.15) is 0 Å². The van der Waals surface area contributed by atoms with E-state index in [2.05, 4.69) is 13.0 Å². The van der Waals surface area contributed by atoms with E-state index in [0.29, 0.717) is 0 Å². The average Bonchev–Trinajstić information content (AvgIpc) is 2.81. The van der Waals surface area contributed by atoms with Gasteiger partial charge in [-0.3, -0.25) is 0 Å². The number of methoxy groups -OCH3 is 1. The van der Waals surface area contributed by atoms with Crippen LogP contribution in [0.4, 0.5) is 0 Å². The van der Waals surface area contributed by atoms with Gasteiger partial charge in [0.15, 0.2) is 0 Å². The molecule has 0 saturated heterocycles. The van der Waals surface area contributed by atoms with Gasteiger partial charge in [0.25, 0.3) is 0 Å². The molecule has 0 aliphatic heterocycles. The molecule has 1 aromatic heterocycles. The smallest absolute Gasteiger partial charge is 0.119 e. The minimum absolute atomic E-state index is 0.0362. The Morgan fingerprint density at radius 1 is 1.31 bits per heavy atom. The van der Waals surface area contributed by atoms with Gasteiger partial charge in [-0.15, -0.1) is 11.3 Å². The Morgan fingerprint density at radius 2 is 2.12 bits per heavy atom. The predicted molar refractivity (Wildman–Crippen MR) is 68.1 cm³/mol. The van der Waals surface area contributed by atoms with E-state index < -0.39 is 0 Å². The summed E-state index contributed by atoms with van der Waals surface area (Å²) in [6.45, 7) is 2.06. The summed E-state index contributed by atoms with van der Waals surface area (Å²) in [7, 11) is 1.67. The molecule has 3 heteroatoms. The molecule has 84 valence electrons. The van der Waals surface area contributed by atoms with Gasteiger partial charge in [-0.25, -0.2) is 0 Å². The molecule has 1 aromatic carbocycles. The van der Waals surface area contributed by atoms with Crippen LogP contribution in [-0.2, 0) is 0 Å². The molecule has 2 N–H and O–H groups in total. The number of nitrogens with two attached hydrogens (primary N) is 1. The monoisotopic (exact) mass is 233 g/mol. The van der Waals surface area contributed by atoms with Gasteiger partial charge in [0, 0.05) is 4.88 Å². The fourth-order valence-corrected chi connectivity index (χ4v) is 2.49. The molecule has 0 fully saturated rings. The fourth-order valence-electron chi connectivity index (χ4n) is 1.75. The lowest BCUT2D eigenvalue weighted by Gasteiger charge is -2.14. The Balaban J connectivity index is 2.34. The van der Waals surface area contributed by atoms with E-state index in [4.69, 9.17) is 10.5 Å². The largest absolute Gasteiger partial charge is 0.497 e. The third-order valence-corrected chi connectivity index (χ3v) is 3.62. The number of hydrogen-bond acceptors (Lipinski definition) is 3. The highest BCUT2D eigenvalue weighted by Crippen LogP contribution is 2.28. The molecule has 0 bridgehead atoms. The molecule has 0 aliphatic rings. The molecule has 0 aliphatic carbocycles. The number of thiophene rings is 1. The van der Waals surface area contributed by atoms with Crippen molar-refractivity contribution in [3.8, 4) is 5.75 Å². The molecule has 16 heavy (non-hydrogen) atoms. The number of hydrogen-bond donors (Lipinski definition) is 1. The first kappa shape index (κ1) is 11.2. The first-order chi connectivity index (χ1) is 7.72. The highest BCUT2D eigenvalue weighted by Gasteiger charge is 2.12. The molecule has 2 rings (SSSR count). The normalized spacial score (nSPS) is 12.4. The highest BCUT2D eigenvalue weighted by atomic mass is 32.1. The topological polar surface area (TPSA) is 35.2 Å². The molecule has 2 nitrogen and oxygen atoms in total. The SMILES string of the molecule is COc1ccc(C(N)c2cccs2)c(C)c1. The van der Waals surface area contributed by atoms with Crippen LogP contribution in [-0.4, -0.2) is 7.11 Å². The summed E-state index contributed by atoms with van der Waals surface area (Å²) in [5.74, 6) is 0.875. The minimum Gasteiger partial charge on any atom is -0.497 e. The van der Waals surface area contributed by atoms with Gasteiger partial charge >= 0.3 is 0 Å². The minimum atomic E-state index is -0.0362. The lowest BCUT2D eigenvalue weighted by molar-refractivity contribution is 0.414. The Labute approximate surface area is 99.7 Å². The lowest BCUT2D eigenvalue weighted by Crippen LogP contribution is -2.11. The summed E-state index contributed by atoms with van der Waals surface area (Å²) in [4.78, 5) is 1.19. The van der Waals surface area contributed by atoms with E-state index >= 15 is 0 Å². The van der Waals surface area contributed by atoms with Crippen molar-refractivity contribution in [2.24, 2.45) is 5.73 Å². The molecular formula is C13H15NOS. The second-order valence-electron chi connectivity index (χ2n) is 3.72. The van der Waals surface area contributed by atoms with Gasteiger partial charge < -0.3 is 10.5 Å². The maximum Gasteiger partial charge on any atom is 0.119 e. The Bertz CT molecular complexity index is 465. The van der Waals surface area contributed by atoms with Crippen LogP contribution in [0.2, 0.25) is 0 Å². The zero-order valence-electron chi connectivity index (χ0n) is 9.44. The van der Waals surface area contributed by atoms with Crippen LogP contribution in [0, 0.1) is 6.92 Å². The van der Waals surface area contributed by atoms with Crippen molar-refractivity contribution in [2.75, 3.05) is 7.11 Å². The average molecular weight is 233 g/mol. The van der Waals surface area contributed by atoms with E-state index in [1.165, 1.54) is 10.4 Å². The predicted octanol–water partition coefficient (Wildman–Crippen LogP) is 3.11. The first-order valence-electron chi connectivity index (χ1n) is 5.16. The summed E-state index contributed by atoms with van der Waals surface area (Å²) in [5, 5.41) is 2.05. The molecule has 0 spiro atoms. The van der Waals surface area contributed by atoms with Crippen molar-refractivity contribution >= 4 is 11.3 Å². The quantitative estimate of drug-likeness (QED) is 0.884. The van der Waals surface area contributed by atoms with Crippen molar-refractivity contribution in [2.45, 2.75) is 13.0 Å². The van der Waals surface area contributed by atoms with Crippen LogP contribution in [0.25, 0.3) is 0 Å². The maximum atomic E-state index is 6.22. The molecule has 0 saturated carbocycles. The number of benzene rings is 1. The standard InChI is InChI=1S/C13H15NOS/c1-9-8-10(15-2)5-6-11(9)13(14)12-4-3-7-16-12/h3-8,13H,14H2,1-2H3. The van der Waals surface area contributed by atoms with Gasteiger partial charge in [-0.1, -0.05) is 12.1 Å². The Morgan fingerprint density at radius 3 is 2.69 bits per heavy atom. The molecule has 1 heterocycles.